The highest BCUT2D eigenvalue weighted by molar-refractivity contribution is 5.89. The lowest BCUT2D eigenvalue weighted by atomic mass is 10.0. The van der Waals surface area contributed by atoms with Crippen LogP contribution in [0, 0.1) is 12.8 Å². The average molecular weight is 470 g/mol. The van der Waals surface area contributed by atoms with Crippen LogP contribution >= 0.6 is 0 Å². The van der Waals surface area contributed by atoms with Crippen molar-refractivity contribution in [3.05, 3.63) is 53.6 Å². The molecule has 0 bridgehead atoms. The minimum atomic E-state index is -0.735. The Labute approximate surface area is 201 Å². The Morgan fingerprint density at radius 1 is 1.03 bits per heavy atom. The standard InChI is InChI=1S/C26H35N3O5/c1-17(2)13-21(28-25(30)16-33-22-10-8-7-9-19(22)5)26(31)29-27-15-20-11-12-23(34-18(3)4)24(14-20)32-6/h7-12,14-15,17-18,21H,13,16H2,1-6H3,(H,28,30)(H,29,31)/b27-15-/t21-/m1/s1. The summed E-state index contributed by atoms with van der Waals surface area (Å²) in [4.78, 5) is 25.1. The highest BCUT2D eigenvalue weighted by Crippen LogP contribution is 2.28. The van der Waals surface area contributed by atoms with Crippen LogP contribution in [0.3, 0.4) is 0 Å². The number of hydrogen-bond donors (Lipinski definition) is 2. The number of methoxy groups -OCH3 is 1. The zero-order valence-corrected chi connectivity index (χ0v) is 20.8. The Balaban J connectivity index is 1.97. The maximum Gasteiger partial charge on any atom is 0.262 e. The van der Waals surface area contributed by atoms with Crippen molar-refractivity contribution in [1.82, 2.24) is 10.7 Å². The predicted octanol–water partition coefficient (Wildman–Crippen LogP) is 3.85. The van der Waals surface area contributed by atoms with Gasteiger partial charge in [0.25, 0.3) is 11.8 Å². The van der Waals surface area contributed by atoms with Crippen molar-refractivity contribution in [1.29, 1.82) is 0 Å². The summed E-state index contributed by atoms with van der Waals surface area (Å²) in [6, 6.07) is 12.1. The second kappa shape index (κ2) is 13.2. The number of hydrazone groups is 1. The van der Waals surface area contributed by atoms with Crippen LogP contribution in [0.15, 0.2) is 47.6 Å². The molecule has 0 aromatic heterocycles. The van der Waals surface area contributed by atoms with Gasteiger partial charge >= 0.3 is 0 Å². The van der Waals surface area contributed by atoms with Crippen molar-refractivity contribution in [2.45, 2.75) is 53.2 Å². The zero-order valence-electron chi connectivity index (χ0n) is 20.8. The Kier molecular flexibility index (Phi) is 10.4. The van der Waals surface area contributed by atoms with Gasteiger partial charge in [0.1, 0.15) is 11.8 Å². The molecule has 8 nitrogen and oxygen atoms in total. The Hall–Kier alpha value is -3.55. The largest absolute Gasteiger partial charge is 0.493 e. The molecule has 0 aliphatic carbocycles. The van der Waals surface area contributed by atoms with Crippen molar-refractivity contribution in [3.63, 3.8) is 0 Å². The zero-order chi connectivity index (χ0) is 25.1. The number of rotatable bonds is 12. The third-order valence-corrected chi connectivity index (χ3v) is 4.75. The minimum absolute atomic E-state index is 0.0166. The quantitative estimate of drug-likeness (QED) is 0.363. The number of nitrogens with one attached hydrogen (secondary N) is 2. The summed E-state index contributed by atoms with van der Waals surface area (Å²) in [6.07, 6.45) is 1.99. The molecule has 0 saturated heterocycles. The first-order valence-electron chi connectivity index (χ1n) is 11.3. The fourth-order valence-electron chi connectivity index (χ4n) is 3.16. The van der Waals surface area contributed by atoms with Crippen molar-refractivity contribution >= 4 is 18.0 Å². The lowest BCUT2D eigenvalue weighted by molar-refractivity contribution is -0.130. The maximum atomic E-state index is 12.7. The van der Waals surface area contributed by atoms with Crippen molar-refractivity contribution < 1.29 is 23.8 Å². The van der Waals surface area contributed by atoms with Crippen LogP contribution in [0.2, 0.25) is 0 Å². The van der Waals surface area contributed by atoms with Gasteiger partial charge in [-0.15, -0.1) is 0 Å². The van der Waals surface area contributed by atoms with Gasteiger partial charge in [-0.2, -0.15) is 5.10 Å². The number of hydrogen-bond acceptors (Lipinski definition) is 6. The number of ether oxygens (including phenoxy) is 3. The number of carbonyl (C=O) groups is 2. The van der Waals surface area contributed by atoms with E-state index in [1.165, 1.54) is 6.21 Å². The molecule has 184 valence electrons. The summed E-state index contributed by atoms with van der Waals surface area (Å²) in [7, 11) is 1.56. The van der Waals surface area contributed by atoms with Crippen molar-refractivity contribution in [2.24, 2.45) is 11.0 Å². The molecule has 8 heteroatoms. The molecular formula is C26H35N3O5. The summed E-state index contributed by atoms with van der Waals surface area (Å²) in [5, 5.41) is 6.79. The third-order valence-electron chi connectivity index (χ3n) is 4.75. The molecule has 0 saturated carbocycles. The van der Waals surface area contributed by atoms with E-state index in [0.29, 0.717) is 23.7 Å². The summed E-state index contributed by atoms with van der Waals surface area (Å²) in [5.41, 5.74) is 4.17. The summed E-state index contributed by atoms with van der Waals surface area (Å²) < 4.78 is 16.7. The molecule has 0 heterocycles. The lowest BCUT2D eigenvalue weighted by Gasteiger charge is -2.19. The first-order valence-corrected chi connectivity index (χ1v) is 11.3. The molecule has 0 fully saturated rings. The monoisotopic (exact) mass is 469 g/mol. The third kappa shape index (κ3) is 8.77. The van der Waals surface area contributed by atoms with E-state index in [-0.39, 0.29) is 24.5 Å². The summed E-state index contributed by atoms with van der Waals surface area (Å²) in [5.74, 6) is 1.25. The van der Waals surface area contributed by atoms with E-state index in [9.17, 15) is 9.59 Å². The van der Waals surface area contributed by atoms with Crippen molar-refractivity contribution in [2.75, 3.05) is 13.7 Å². The van der Waals surface area contributed by atoms with Gasteiger partial charge in [0, 0.05) is 0 Å². The van der Waals surface area contributed by atoms with E-state index in [4.69, 9.17) is 14.2 Å². The van der Waals surface area contributed by atoms with Gasteiger partial charge in [0.15, 0.2) is 18.1 Å². The van der Waals surface area contributed by atoms with E-state index >= 15 is 0 Å². The number of nitrogens with zero attached hydrogens (tertiary/aromatic N) is 1. The lowest BCUT2D eigenvalue weighted by Crippen LogP contribution is -2.47. The van der Waals surface area contributed by atoms with E-state index in [2.05, 4.69) is 15.8 Å². The molecular weight excluding hydrogens is 434 g/mol. The van der Waals surface area contributed by atoms with Gasteiger partial charge in [-0.25, -0.2) is 5.43 Å². The Bertz CT molecular complexity index is 988. The minimum Gasteiger partial charge on any atom is -0.493 e. The van der Waals surface area contributed by atoms with Crippen LogP contribution in [0.25, 0.3) is 0 Å². The second-order valence-electron chi connectivity index (χ2n) is 8.61. The topological polar surface area (TPSA) is 98.2 Å². The fraction of sp³-hybridized carbons (Fsp3) is 0.423. The molecule has 2 aromatic carbocycles. The molecule has 0 spiro atoms. The van der Waals surface area contributed by atoms with E-state index in [1.807, 2.05) is 58.9 Å². The molecule has 2 amide bonds. The Morgan fingerprint density at radius 2 is 1.76 bits per heavy atom. The number of benzene rings is 2. The number of amides is 2. The SMILES string of the molecule is COc1cc(/C=N\NC(=O)[C@@H](CC(C)C)NC(=O)COc2ccccc2C)ccc1OC(C)C. The molecule has 2 rings (SSSR count). The predicted molar refractivity (Wildman–Crippen MR) is 133 cm³/mol. The van der Waals surface area contributed by atoms with E-state index in [1.54, 1.807) is 25.3 Å². The summed E-state index contributed by atoms with van der Waals surface area (Å²) in [6.45, 7) is 9.55. The maximum absolute atomic E-state index is 12.7. The molecule has 0 aliphatic heterocycles. The molecule has 2 N–H and O–H groups in total. The van der Waals surface area contributed by atoms with Crippen LogP contribution in [0.1, 0.15) is 45.2 Å². The van der Waals surface area contributed by atoms with Gasteiger partial charge in [-0.1, -0.05) is 32.0 Å². The highest BCUT2D eigenvalue weighted by Gasteiger charge is 2.22. The normalized spacial score (nSPS) is 12.0. The smallest absolute Gasteiger partial charge is 0.262 e. The molecule has 34 heavy (non-hydrogen) atoms. The van der Waals surface area contributed by atoms with Crippen LogP contribution in [0.5, 0.6) is 17.2 Å². The average Bonchev–Trinajstić information content (AvgIpc) is 2.78. The number of para-hydroxylation sites is 1. The molecule has 1 atom stereocenters. The number of carbonyl (C=O) groups excluding carboxylic acids is 2. The van der Waals surface area contributed by atoms with Gasteiger partial charge < -0.3 is 19.5 Å². The molecule has 2 aromatic rings. The van der Waals surface area contributed by atoms with Gasteiger partial charge in [-0.05, 0) is 68.5 Å². The highest BCUT2D eigenvalue weighted by atomic mass is 16.5. The fourth-order valence-corrected chi connectivity index (χ4v) is 3.16. The molecule has 0 aliphatic rings. The summed E-state index contributed by atoms with van der Waals surface area (Å²) >= 11 is 0. The van der Waals surface area contributed by atoms with E-state index < -0.39 is 11.9 Å². The van der Waals surface area contributed by atoms with Crippen LogP contribution < -0.4 is 25.0 Å². The van der Waals surface area contributed by atoms with Crippen molar-refractivity contribution in [3.8, 4) is 17.2 Å². The van der Waals surface area contributed by atoms with Crippen LogP contribution in [-0.4, -0.2) is 43.9 Å². The Morgan fingerprint density at radius 3 is 2.41 bits per heavy atom. The van der Waals surface area contributed by atoms with Crippen LogP contribution in [0.4, 0.5) is 0 Å². The molecule has 0 unspecified atom stereocenters. The number of aryl methyl sites for hydroxylation is 1. The van der Waals surface area contributed by atoms with Gasteiger partial charge in [-0.3, -0.25) is 9.59 Å². The van der Waals surface area contributed by atoms with Gasteiger partial charge in [0.2, 0.25) is 0 Å². The second-order valence-corrected chi connectivity index (χ2v) is 8.61. The van der Waals surface area contributed by atoms with Gasteiger partial charge in [0.05, 0.1) is 19.4 Å². The first-order chi connectivity index (χ1) is 16.2. The van der Waals surface area contributed by atoms with E-state index in [0.717, 1.165) is 11.1 Å². The first kappa shape index (κ1) is 26.7. The molecule has 0 radical (unpaired) electrons. The van der Waals surface area contributed by atoms with Crippen LogP contribution in [-0.2, 0) is 9.59 Å².